The predicted octanol–water partition coefficient (Wildman–Crippen LogP) is 4.89. The van der Waals surface area contributed by atoms with Crippen molar-refractivity contribution >= 4 is 27.9 Å². The van der Waals surface area contributed by atoms with E-state index in [4.69, 9.17) is 0 Å². The Labute approximate surface area is 133 Å². The number of hydrogen-bond acceptors (Lipinski definition) is 2. The van der Waals surface area contributed by atoms with E-state index in [1.165, 1.54) is 0 Å². The third kappa shape index (κ3) is 3.10. The largest absolute Gasteiger partial charge is 0.311 e. The normalized spacial score (nSPS) is 11.9. The molecule has 0 aliphatic carbocycles. The first-order chi connectivity index (χ1) is 10.8. The smallest absolute Gasteiger partial charge is 0.0498 e. The van der Waals surface area contributed by atoms with E-state index in [0.29, 0.717) is 0 Å². The summed E-state index contributed by atoms with van der Waals surface area (Å²) < 4.78 is 11.6. The number of nitrogens with zero attached hydrogens (tertiary/aromatic N) is 1. The van der Waals surface area contributed by atoms with Crippen molar-refractivity contribution in [3.63, 3.8) is 0 Å². The molecule has 0 amide bonds. The minimum atomic E-state index is -0.958. The molecule has 0 aromatic heterocycles. The summed E-state index contributed by atoms with van der Waals surface area (Å²) in [5.74, 6) is 0. The molecule has 0 N–H and O–H groups in total. The van der Waals surface area contributed by atoms with Crippen LogP contribution in [0.4, 0.5) is 17.1 Å². The molecule has 1 unspecified atom stereocenters. The van der Waals surface area contributed by atoms with E-state index in [0.717, 1.165) is 22.0 Å². The highest BCUT2D eigenvalue weighted by molar-refractivity contribution is 7.84. The highest BCUT2D eigenvalue weighted by Crippen LogP contribution is 2.34. The van der Waals surface area contributed by atoms with E-state index in [-0.39, 0.29) is 0 Å². The summed E-state index contributed by atoms with van der Waals surface area (Å²) in [5.41, 5.74) is 3.24. The van der Waals surface area contributed by atoms with Gasteiger partial charge in [0.25, 0.3) is 0 Å². The first-order valence-corrected chi connectivity index (χ1v) is 8.65. The molecule has 0 bridgehead atoms. The second-order valence-corrected chi connectivity index (χ2v) is 6.33. The van der Waals surface area contributed by atoms with Gasteiger partial charge in [0.05, 0.1) is 0 Å². The topological polar surface area (TPSA) is 20.3 Å². The van der Waals surface area contributed by atoms with Gasteiger partial charge in [-0.1, -0.05) is 36.4 Å². The average Bonchev–Trinajstić information content (AvgIpc) is 2.57. The van der Waals surface area contributed by atoms with Crippen LogP contribution in [0.25, 0.3) is 0 Å². The molecule has 0 saturated carbocycles. The predicted molar refractivity (Wildman–Crippen MR) is 93.5 cm³/mol. The van der Waals surface area contributed by atoms with E-state index >= 15 is 0 Å². The van der Waals surface area contributed by atoms with Crippen LogP contribution in [0.1, 0.15) is 0 Å². The molecule has 0 heterocycles. The first-order valence-electron chi connectivity index (χ1n) is 7.09. The van der Waals surface area contributed by atoms with Crippen molar-refractivity contribution in [3.05, 3.63) is 84.9 Å². The standard InChI is InChI=1S/C19H17NOS/c1-22(21)19-14-12-18(13-15-19)20(16-8-4-2-5-9-16)17-10-6-3-7-11-17/h2-15H,1H3. The van der Waals surface area contributed by atoms with Gasteiger partial charge in [-0.25, -0.2) is 0 Å². The van der Waals surface area contributed by atoms with E-state index in [2.05, 4.69) is 29.2 Å². The van der Waals surface area contributed by atoms with Gasteiger partial charge in [-0.15, -0.1) is 0 Å². The molecule has 110 valence electrons. The second-order valence-electron chi connectivity index (χ2n) is 4.95. The molecule has 3 aromatic rings. The molecule has 0 aliphatic rings. The lowest BCUT2D eigenvalue weighted by molar-refractivity contribution is 0.687. The van der Waals surface area contributed by atoms with Crippen LogP contribution in [-0.4, -0.2) is 10.5 Å². The SMILES string of the molecule is CS(=O)c1ccc(N(c2ccccc2)c2ccccc2)cc1. The lowest BCUT2D eigenvalue weighted by Crippen LogP contribution is -2.09. The molecule has 22 heavy (non-hydrogen) atoms. The Morgan fingerprint density at radius 3 is 1.45 bits per heavy atom. The zero-order chi connectivity index (χ0) is 15.4. The van der Waals surface area contributed by atoms with Crippen LogP contribution in [-0.2, 0) is 10.8 Å². The molecule has 0 saturated heterocycles. The summed E-state index contributed by atoms with van der Waals surface area (Å²) >= 11 is 0. The number of anilines is 3. The van der Waals surface area contributed by atoms with Crippen LogP contribution in [0.15, 0.2) is 89.8 Å². The fraction of sp³-hybridized carbons (Fsp3) is 0.0526. The molecule has 1 atom stereocenters. The van der Waals surface area contributed by atoms with Gasteiger partial charge in [0.15, 0.2) is 0 Å². The highest BCUT2D eigenvalue weighted by atomic mass is 32.2. The number of hydrogen-bond donors (Lipinski definition) is 0. The number of benzene rings is 3. The van der Waals surface area contributed by atoms with Crippen LogP contribution >= 0.6 is 0 Å². The molecular formula is C19H17NOS. The Morgan fingerprint density at radius 1 is 0.636 bits per heavy atom. The third-order valence-electron chi connectivity index (χ3n) is 3.46. The Morgan fingerprint density at radius 2 is 1.05 bits per heavy atom. The molecular weight excluding hydrogens is 290 g/mol. The van der Waals surface area contributed by atoms with Crippen LogP contribution < -0.4 is 4.90 Å². The van der Waals surface area contributed by atoms with Crippen molar-refractivity contribution in [1.82, 2.24) is 0 Å². The van der Waals surface area contributed by atoms with Gasteiger partial charge in [-0.05, 0) is 48.5 Å². The summed E-state index contributed by atoms with van der Waals surface area (Å²) in [6.07, 6.45) is 1.70. The molecule has 0 fully saturated rings. The summed E-state index contributed by atoms with van der Waals surface area (Å²) in [5, 5.41) is 0. The first kappa shape index (κ1) is 14.5. The van der Waals surface area contributed by atoms with Gasteiger partial charge < -0.3 is 4.90 Å². The van der Waals surface area contributed by atoms with Gasteiger partial charge in [0, 0.05) is 39.0 Å². The molecule has 3 rings (SSSR count). The zero-order valence-electron chi connectivity index (χ0n) is 12.3. The molecule has 0 aliphatic heterocycles. The number of para-hydroxylation sites is 2. The van der Waals surface area contributed by atoms with Crippen molar-refractivity contribution in [2.24, 2.45) is 0 Å². The van der Waals surface area contributed by atoms with Gasteiger partial charge in [-0.2, -0.15) is 0 Å². The maximum absolute atomic E-state index is 11.6. The van der Waals surface area contributed by atoms with Crippen LogP contribution in [0.3, 0.4) is 0 Å². The zero-order valence-corrected chi connectivity index (χ0v) is 13.2. The Kier molecular flexibility index (Phi) is 4.35. The minimum absolute atomic E-state index is 0.838. The van der Waals surface area contributed by atoms with E-state index in [1.54, 1.807) is 6.26 Å². The van der Waals surface area contributed by atoms with Gasteiger partial charge in [-0.3, -0.25) is 4.21 Å². The van der Waals surface area contributed by atoms with Crippen molar-refractivity contribution < 1.29 is 4.21 Å². The maximum atomic E-state index is 11.6. The summed E-state index contributed by atoms with van der Waals surface area (Å²) in [4.78, 5) is 3.02. The van der Waals surface area contributed by atoms with Crippen LogP contribution in [0.5, 0.6) is 0 Å². The van der Waals surface area contributed by atoms with Crippen molar-refractivity contribution in [1.29, 1.82) is 0 Å². The van der Waals surface area contributed by atoms with Crippen molar-refractivity contribution in [2.45, 2.75) is 4.90 Å². The average molecular weight is 307 g/mol. The molecule has 2 nitrogen and oxygen atoms in total. The van der Waals surface area contributed by atoms with Gasteiger partial charge in [0.2, 0.25) is 0 Å². The van der Waals surface area contributed by atoms with Crippen molar-refractivity contribution in [2.75, 3.05) is 11.2 Å². The summed E-state index contributed by atoms with van der Waals surface area (Å²) in [6, 6.07) is 28.3. The fourth-order valence-corrected chi connectivity index (χ4v) is 2.91. The van der Waals surface area contributed by atoms with Crippen LogP contribution in [0.2, 0.25) is 0 Å². The highest BCUT2D eigenvalue weighted by Gasteiger charge is 2.11. The van der Waals surface area contributed by atoms with E-state index < -0.39 is 10.8 Å². The monoisotopic (exact) mass is 307 g/mol. The maximum Gasteiger partial charge on any atom is 0.0498 e. The molecule has 0 spiro atoms. The number of rotatable bonds is 4. The summed E-state index contributed by atoms with van der Waals surface area (Å²) in [7, 11) is -0.958. The van der Waals surface area contributed by atoms with Crippen LogP contribution in [0, 0.1) is 0 Å². The Balaban J connectivity index is 2.08. The second kappa shape index (κ2) is 6.58. The molecule has 3 aromatic carbocycles. The lowest BCUT2D eigenvalue weighted by atomic mass is 10.2. The van der Waals surface area contributed by atoms with Crippen molar-refractivity contribution in [3.8, 4) is 0 Å². The lowest BCUT2D eigenvalue weighted by Gasteiger charge is -2.25. The Hall–Kier alpha value is -2.39. The molecule has 3 heteroatoms. The molecule has 0 radical (unpaired) electrons. The quantitative estimate of drug-likeness (QED) is 0.683. The van der Waals surface area contributed by atoms with E-state index in [9.17, 15) is 4.21 Å². The van der Waals surface area contributed by atoms with Gasteiger partial charge >= 0.3 is 0 Å². The fourth-order valence-electron chi connectivity index (χ4n) is 2.39. The Bertz CT molecular complexity index is 715. The van der Waals surface area contributed by atoms with Gasteiger partial charge in [0.1, 0.15) is 0 Å². The van der Waals surface area contributed by atoms with E-state index in [1.807, 2.05) is 60.7 Å². The summed E-state index contributed by atoms with van der Waals surface area (Å²) in [6.45, 7) is 0. The third-order valence-corrected chi connectivity index (χ3v) is 4.39. The minimum Gasteiger partial charge on any atom is -0.311 e.